The van der Waals surface area contributed by atoms with Gasteiger partial charge in [0.1, 0.15) is 0 Å². The zero-order valence-corrected chi connectivity index (χ0v) is 25.9. The molecule has 0 aliphatic heterocycles. The van der Waals surface area contributed by atoms with Crippen LogP contribution in [-0.2, 0) is 5.41 Å². The molecule has 0 saturated carbocycles. The first kappa shape index (κ1) is 26.2. The fraction of sp³-hybridized carbons (Fsp3) is 0.0714. The molecule has 0 radical (unpaired) electrons. The predicted molar refractivity (Wildman–Crippen MR) is 192 cm³/mol. The van der Waals surface area contributed by atoms with Gasteiger partial charge in [0.15, 0.2) is 0 Å². The Morgan fingerprint density at radius 2 is 1.17 bits per heavy atom. The number of rotatable bonds is 2. The average molecular weight is 605 g/mol. The molecule has 47 heavy (non-hydrogen) atoms. The van der Waals surface area contributed by atoms with Crippen LogP contribution in [-0.4, -0.2) is 19.1 Å². The van der Waals surface area contributed by atoms with Crippen molar-refractivity contribution in [1.29, 1.82) is 0 Å². The van der Waals surface area contributed by atoms with Gasteiger partial charge in [0.2, 0.25) is 5.95 Å². The lowest BCUT2D eigenvalue weighted by molar-refractivity contribution is 0.661. The summed E-state index contributed by atoms with van der Waals surface area (Å²) in [5.41, 5.74) is 9.24. The average Bonchev–Trinajstić information content (AvgIpc) is 3.54. The van der Waals surface area contributed by atoms with Crippen molar-refractivity contribution in [2.75, 3.05) is 0 Å². The first-order chi connectivity index (χ1) is 23.0. The van der Waals surface area contributed by atoms with E-state index in [1.165, 1.54) is 33.0 Å². The van der Waals surface area contributed by atoms with E-state index in [0.29, 0.717) is 16.9 Å². The number of nitrogens with zero attached hydrogens (tertiary/aromatic N) is 4. The number of pyridine rings is 1. The second kappa shape index (κ2) is 9.24. The molecule has 3 heterocycles. The van der Waals surface area contributed by atoms with Gasteiger partial charge in [-0.25, -0.2) is 9.97 Å². The van der Waals surface area contributed by atoms with Crippen molar-refractivity contribution in [3.05, 3.63) is 155 Å². The number of hydrogen-bond acceptors (Lipinski definition) is 3. The van der Waals surface area contributed by atoms with Gasteiger partial charge in [-0.15, -0.1) is 0 Å². The maximum atomic E-state index is 14.0. The van der Waals surface area contributed by atoms with Crippen LogP contribution in [0.1, 0.15) is 25.0 Å². The minimum atomic E-state index is -0.187. The van der Waals surface area contributed by atoms with Gasteiger partial charge in [-0.2, -0.15) is 0 Å². The fourth-order valence-corrected chi connectivity index (χ4v) is 7.87. The Bertz CT molecular complexity index is 2840. The largest absolute Gasteiger partial charge is 0.278 e. The predicted octanol–water partition coefficient (Wildman–Crippen LogP) is 9.49. The van der Waals surface area contributed by atoms with Gasteiger partial charge in [-0.05, 0) is 81.6 Å². The maximum Gasteiger partial charge on any atom is 0.266 e. The van der Waals surface area contributed by atoms with E-state index in [1.807, 2.05) is 54.6 Å². The summed E-state index contributed by atoms with van der Waals surface area (Å²) >= 11 is 0. The lowest BCUT2D eigenvalue weighted by Gasteiger charge is -2.22. The molecule has 1 aliphatic rings. The highest BCUT2D eigenvalue weighted by atomic mass is 16.1. The van der Waals surface area contributed by atoms with Gasteiger partial charge >= 0.3 is 0 Å². The topological polar surface area (TPSA) is 52.7 Å². The van der Waals surface area contributed by atoms with E-state index in [2.05, 4.69) is 91.2 Å². The van der Waals surface area contributed by atoms with Gasteiger partial charge in [0.05, 0.1) is 27.5 Å². The Morgan fingerprint density at radius 3 is 1.96 bits per heavy atom. The third-order valence-electron chi connectivity index (χ3n) is 10.2. The van der Waals surface area contributed by atoms with E-state index >= 15 is 0 Å². The molecule has 0 unspecified atom stereocenters. The molecule has 222 valence electrons. The van der Waals surface area contributed by atoms with Crippen molar-refractivity contribution < 1.29 is 0 Å². The molecule has 0 atom stereocenters. The molecular weight excluding hydrogens is 576 g/mol. The van der Waals surface area contributed by atoms with E-state index < -0.39 is 0 Å². The molecule has 9 aromatic rings. The SMILES string of the molecule is CC1(C)c2cc3ccccc3cc2-c2cc3c4ccccc4n(-c4ncc5c(=O)n(-c6ccccc6)c6ccccc6c5n4)c3cc21. The standard InChI is InChI=1S/C42H28N4O/c1-42(2)34-21-26-13-7-6-12-25(26)20-30(34)31-22-32-28-16-8-10-18-36(28)46(38(32)23-35(31)42)41-43-24-33-39(44-41)29-17-9-11-19-37(29)45(40(33)47)27-14-4-3-5-15-27/h3-24H,1-2H3. The highest BCUT2D eigenvalue weighted by Crippen LogP contribution is 2.52. The third kappa shape index (κ3) is 3.51. The van der Waals surface area contributed by atoms with E-state index in [-0.39, 0.29) is 11.0 Å². The van der Waals surface area contributed by atoms with Crippen LogP contribution in [0.2, 0.25) is 0 Å². The number of benzene rings is 6. The number of fused-ring (bicyclic) bond motifs is 10. The monoisotopic (exact) mass is 604 g/mol. The summed E-state index contributed by atoms with van der Waals surface area (Å²) in [7, 11) is 0. The highest BCUT2D eigenvalue weighted by Gasteiger charge is 2.37. The summed E-state index contributed by atoms with van der Waals surface area (Å²) in [5.74, 6) is 0.546. The maximum absolute atomic E-state index is 14.0. The second-order valence-corrected chi connectivity index (χ2v) is 13.1. The quantitative estimate of drug-likeness (QED) is 0.185. The highest BCUT2D eigenvalue weighted by molar-refractivity contribution is 6.12. The second-order valence-electron chi connectivity index (χ2n) is 13.1. The molecular formula is C42H28N4O. The van der Waals surface area contributed by atoms with E-state index in [1.54, 1.807) is 10.8 Å². The minimum Gasteiger partial charge on any atom is -0.278 e. The van der Waals surface area contributed by atoms with Crippen molar-refractivity contribution >= 4 is 54.4 Å². The van der Waals surface area contributed by atoms with Gasteiger partial charge in [-0.3, -0.25) is 13.9 Å². The molecule has 10 rings (SSSR count). The molecule has 0 saturated heterocycles. The first-order valence-electron chi connectivity index (χ1n) is 16.0. The number of para-hydroxylation sites is 3. The molecule has 0 amide bonds. The zero-order chi connectivity index (χ0) is 31.4. The summed E-state index contributed by atoms with van der Waals surface area (Å²) in [4.78, 5) is 24.1. The summed E-state index contributed by atoms with van der Waals surface area (Å²) in [5, 5.41) is 6.20. The van der Waals surface area contributed by atoms with Crippen LogP contribution in [0.25, 0.3) is 77.1 Å². The minimum absolute atomic E-state index is 0.136. The number of aromatic nitrogens is 4. The molecule has 5 nitrogen and oxygen atoms in total. The molecule has 0 bridgehead atoms. The van der Waals surface area contributed by atoms with E-state index in [4.69, 9.17) is 9.97 Å². The van der Waals surface area contributed by atoms with Gasteiger partial charge in [0, 0.05) is 33.5 Å². The lowest BCUT2D eigenvalue weighted by Crippen LogP contribution is -2.20. The van der Waals surface area contributed by atoms with Crippen LogP contribution in [0.3, 0.4) is 0 Å². The fourth-order valence-electron chi connectivity index (χ4n) is 7.87. The Kier molecular flexibility index (Phi) is 5.15. The zero-order valence-electron chi connectivity index (χ0n) is 25.9. The summed E-state index contributed by atoms with van der Waals surface area (Å²) in [6.45, 7) is 4.64. The summed E-state index contributed by atoms with van der Waals surface area (Å²) in [6.07, 6.45) is 1.70. The van der Waals surface area contributed by atoms with Crippen molar-refractivity contribution in [3.8, 4) is 22.8 Å². The van der Waals surface area contributed by atoms with Gasteiger partial charge in [-0.1, -0.05) is 92.7 Å². The number of hydrogen-bond donors (Lipinski definition) is 0. The summed E-state index contributed by atoms with van der Waals surface area (Å²) in [6, 6.07) is 44.2. The van der Waals surface area contributed by atoms with E-state index in [9.17, 15) is 4.79 Å². The van der Waals surface area contributed by atoms with Crippen LogP contribution < -0.4 is 5.56 Å². The van der Waals surface area contributed by atoms with Crippen LogP contribution in [0.4, 0.5) is 0 Å². The van der Waals surface area contributed by atoms with Gasteiger partial charge in [0.25, 0.3) is 5.56 Å². The van der Waals surface area contributed by atoms with Crippen LogP contribution in [0.5, 0.6) is 0 Å². The Labute approximate surface area is 270 Å². The van der Waals surface area contributed by atoms with Crippen molar-refractivity contribution in [3.63, 3.8) is 0 Å². The first-order valence-corrected chi connectivity index (χ1v) is 16.0. The summed E-state index contributed by atoms with van der Waals surface area (Å²) < 4.78 is 3.92. The van der Waals surface area contributed by atoms with Crippen LogP contribution in [0.15, 0.2) is 138 Å². The Morgan fingerprint density at radius 1 is 0.553 bits per heavy atom. The molecule has 0 spiro atoms. The van der Waals surface area contributed by atoms with Crippen LogP contribution >= 0.6 is 0 Å². The van der Waals surface area contributed by atoms with Crippen molar-refractivity contribution in [1.82, 2.24) is 19.1 Å². The molecule has 1 aliphatic carbocycles. The lowest BCUT2D eigenvalue weighted by atomic mass is 9.81. The van der Waals surface area contributed by atoms with Crippen LogP contribution in [0, 0.1) is 0 Å². The smallest absolute Gasteiger partial charge is 0.266 e. The third-order valence-corrected chi connectivity index (χ3v) is 10.2. The Hall–Kier alpha value is -6.07. The molecule has 5 heteroatoms. The van der Waals surface area contributed by atoms with Crippen molar-refractivity contribution in [2.24, 2.45) is 0 Å². The molecule has 6 aromatic carbocycles. The van der Waals surface area contributed by atoms with Gasteiger partial charge < -0.3 is 0 Å². The van der Waals surface area contributed by atoms with E-state index in [0.717, 1.165) is 38.4 Å². The molecule has 0 N–H and O–H groups in total. The molecule has 0 fully saturated rings. The molecule has 3 aromatic heterocycles. The normalized spacial score (nSPS) is 13.6. The van der Waals surface area contributed by atoms with Crippen molar-refractivity contribution in [2.45, 2.75) is 19.3 Å². The Balaban J connectivity index is 1.27.